The molecule has 1 aromatic heterocycles. The highest BCUT2D eigenvalue weighted by Gasteiger charge is 2.16. The number of nitrogens with one attached hydrogen (secondary N) is 2. The van der Waals surface area contributed by atoms with Crippen molar-refractivity contribution < 1.29 is 4.79 Å². The average Bonchev–Trinajstić information content (AvgIpc) is 2.93. The van der Waals surface area contributed by atoms with Gasteiger partial charge >= 0.3 is 0 Å². The number of carbonyl (C=O) groups is 1. The van der Waals surface area contributed by atoms with Crippen molar-refractivity contribution in [2.45, 2.75) is 19.3 Å². The van der Waals surface area contributed by atoms with Gasteiger partial charge in [-0.05, 0) is 24.1 Å². The third kappa shape index (κ3) is 2.75. The van der Waals surface area contributed by atoms with Crippen LogP contribution in [0.5, 0.6) is 0 Å². The van der Waals surface area contributed by atoms with Crippen molar-refractivity contribution in [2.24, 2.45) is 0 Å². The van der Waals surface area contributed by atoms with E-state index in [-0.39, 0.29) is 5.91 Å². The van der Waals surface area contributed by atoms with Gasteiger partial charge in [0.25, 0.3) is 0 Å². The Morgan fingerprint density at radius 2 is 2.30 bits per heavy atom. The number of anilines is 3. The number of hydrogen-bond donors (Lipinski definition) is 3. The topological polar surface area (TPSA) is 80.0 Å². The van der Waals surface area contributed by atoms with Gasteiger partial charge in [0.15, 0.2) is 0 Å². The number of rotatable bonds is 4. The van der Waals surface area contributed by atoms with Gasteiger partial charge in [0.2, 0.25) is 5.91 Å². The van der Waals surface area contributed by atoms with E-state index in [9.17, 15) is 4.79 Å². The molecule has 0 radical (unpaired) electrons. The lowest BCUT2D eigenvalue weighted by Gasteiger charge is -2.19. The molecular weight excluding hydrogens is 272 g/mol. The summed E-state index contributed by atoms with van der Waals surface area (Å²) in [7, 11) is 0. The first kappa shape index (κ1) is 12.9. The summed E-state index contributed by atoms with van der Waals surface area (Å²) in [6, 6.07) is 3.86. The zero-order valence-electron chi connectivity index (χ0n) is 11.0. The van der Waals surface area contributed by atoms with Gasteiger partial charge in [0.1, 0.15) is 0 Å². The molecule has 0 bridgehead atoms. The molecule has 0 saturated carbocycles. The molecule has 0 aliphatic carbocycles. The molecule has 1 amide bonds. The van der Waals surface area contributed by atoms with Crippen LogP contribution >= 0.6 is 11.3 Å². The van der Waals surface area contributed by atoms with Crippen molar-refractivity contribution in [3.05, 3.63) is 34.3 Å². The van der Waals surface area contributed by atoms with Crippen molar-refractivity contribution in [3.8, 4) is 0 Å². The zero-order chi connectivity index (χ0) is 13.9. The quantitative estimate of drug-likeness (QED) is 0.754. The summed E-state index contributed by atoms with van der Waals surface area (Å²) in [5, 5.41) is 8.23. The number of aromatic nitrogens is 1. The molecule has 0 fully saturated rings. The fourth-order valence-corrected chi connectivity index (χ4v) is 2.88. The van der Waals surface area contributed by atoms with Gasteiger partial charge in [-0.3, -0.25) is 4.79 Å². The number of carbonyl (C=O) groups excluding carboxylic acids is 1. The molecule has 1 aliphatic rings. The van der Waals surface area contributed by atoms with Gasteiger partial charge in [-0.2, -0.15) is 0 Å². The van der Waals surface area contributed by atoms with Gasteiger partial charge in [-0.1, -0.05) is 0 Å². The molecule has 0 saturated heterocycles. The molecule has 0 spiro atoms. The minimum Gasteiger partial charge on any atom is -0.397 e. The van der Waals surface area contributed by atoms with Crippen molar-refractivity contribution in [3.63, 3.8) is 0 Å². The number of nitrogens with zero attached hydrogens (tertiary/aromatic N) is 1. The molecule has 1 aliphatic heterocycles. The molecule has 2 heterocycles. The molecule has 3 rings (SSSR count). The number of nitrogens with two attached hydrogens (primary N) is 1. The van der Waals surface area contributed by atoms with E-state index < -0.39 is 0 Å². The van der Waals surface area contributed by atoms with Gasteiger partial charge < -0.3 is 16.4 Å². The van der Waals surface area contributed by atoms with Crippen LogP contribution in [0, 0.1) is 0 Å². The minimum absolute atomic E-state index is 0.0655. The van der Waals surface area contributed by atoms with E-state index in [1.807, 2.05) is 23.0 Å². The highest BCUT2D eigenvalue weighted by Crippen LogP contribution is 2.30. The lowest BCUT2D eigenvalue weighted by molar-refractivity contribution is -0.116. The largest absolute Gasteiger partial charge is 0.397 e. The summed E-state index contributed by atoms with van der Waals surface area (Å²) in [5.74, 6) is 0.0655. The number of aryl methyl sites for hydroxylation is 1. The highest BCUT2D eigenvalue weighted by atomic mass is 32.1. The SMILES string of the molecule is Nc1cc2c(cc1NCCc1cscn1)NC(=O)CC2. The second-order valence-corrected chi connectivity index (χ2v) is 5.52. The normalized spacial score (nSPS) is 13.7. The van der Waals surface area contributed by atoms with E-state index in [1.165, 1.54) is 0 Å². The first-order valence-corrected chi connectivity index (χ1v) is 7.50. The fourth-order valence-electron chi connectivity index (χ4n) is 2.29. The predicted molar refractivity (Wildman–Crippen MR) is 82.1 cm³/mol. The molecule has 6 heteroatoms. The summed E-state index contributed by atoms with van der Waals surface area (Å²) < 4.78 is 0. The maximum atomic E-state index is 11.4. The molecule has 5 nitrogen and oxygen atoms in total. The van der Waals surface area contributed by atoms with Crippen LogP contribution < -0.4 is 16.4 Å². The van der Waals surface area contributed by atoms with Crippen molar-refractivity contribution >= 4 is 34.3 Å². The molecule has 104 valence electrons. The summed E-state index contributed by atoms with van der Waals surface area (Å²) in [6.45, 7) is 0.765. The van der Waals surface area contributed by atoms with Crippen molar-refractivity contribution in [1.29, 1.82) is 0 Å². The Hall–Kier alpha value is -2.08. The van der Waals surface area contributed by atoms with Crippen LogP contribution in [0.1, 0.15) is 17.7 Å². The number of amides is 1. The van der Waals surface area contributed by atoms with E-state index in [0.717, 1.165) is 47.7 Å². The van der Waals surface area contributed by atoms with E-state index in [2.05, 4.69) is 15.6 Å². The van der Waals surface area contributed by atoms with Crippen LogP contribution in [0.4, 0.5) is 17.1 Å². The van der Waals surface area contributed by atoms with Gasteiger partial charge in [0.05, 0.1) is 22.6 Å². The van der Waals surface area contributed by atoms with Crippen molar-refractivity contribution in [2.75, 3.05) is 22.9 Å². The third-order valence-corrected chi connectivity index (χ3v) is 3.99. The highest BCUT2D eigenvalue weighted by molar-refractivity contribution is 7.07. The fraction of sp³-hybridized carbons (Fsp3) is 0.286. The monoisotopic (exact) mass is 288 g/mol. The Bertz CT molecular complexity index is 624. The number of thiazole rings is 1. The van der Waals surface area contributed by atoms with E-state index >= 15 is 0 Å². The minimum atomic E-state index is 0.0655. The van der Waals surface area contributed by atoms with E-state index in [4.69, 9.17) is 5.73 Å². The maximum absolute atomic E-state index is 11.4. The van der Waals surface area contributed by atoms with Crippen molar-refractivity contribution in [1.82, 2.24) is 4.98 Å². The van der Waals surface area contributed by atoms with Gasteiger partial charge in [-0.25, -0.2) is 4.98 Å². The van der Waals surface area contributed by atoms with Crippen LogP contribution in [-0.2, 0) is 17.6 Å². The summed E-state index contributed by atoms with van der Waals surface area (Å²) in [6.07, 6.45) is 2.14. The second kappa shape index (κ2) is 5.50. The van der Waals surface area contributed by atoms with Crippen LogP contribution in [0.25, 0.3) is 0 Å². The lowest BCUT2D eigenvalue weighted by Crippen LogP contribution is -2.19. The van der Waals surface area contributed by atoms with Crippen LogP contribution in [0.3, 0.4) is 0 Å². The Morgan fingerprint density at radius 3 is 3.10 bits per heavy atom. The predicted octanol–water partition coefficient (Wildman–Crippen LogP) is 2.26. The van der Waals surface area contributed by atoms with Gasteiger partial charge in [0, 0.05) is 30.5 Å². The van der Waals surface area contributed by atoms with Crippen LogP contribution in [0.2, 0.25) is 0 Å². The first-order chi connectivity index (χ1) is 9.72. The Kier molecular flexibility index (Phi) is 3.56. The van der Waals surface area contributed by atoms with Crippen LogP contribution in [0.15, 0.2) is 23.0 Å². The number of fused-ring (bicyclic) bond motifs is 1. The third-order valence-electron chi connectivity index (χ3n) is 3.35. The summed E-state index contributed by atoms with van der Waals surface area (Å²) >= 11 is 1.60. The Morgan fingerprint density at radius 1 is 1.40 bits per heavy atom. The van der Waals surface area contributed by atoms with E-state index in [0.29, 0.717) is 6.42 Å². The number of nitrogen functional groups attached to an aromatic ring is 1. The standard InChI is InChI=1S/C14H16N4OS/c15-11-5-9-1-2-14(19)18-12(9)6-13(11)16-4-3-10-7-20-8-17-10/h5-8,16H,1-4,15H2,(H,18,19). The van der Waals surface area contributed by atoms with Gasteiger partial charge in [-0.15, -0.1) is 11.3 Å². The van der Waals surface area contributed by atoms with Crippen LogP contribution in [-0.4, -0.2) is 17.4 Å². The summed E-state index contributed by atoms with van der Waals surface area (Å²) in [5.41, 5.74) is 12.5. The second-order valence-electron chi connectivity index (χ2n) is 4.80. The van der Waals surface area contributed by atoms with E-state index in [1.54, 1.807) is 11.3 Å². The maximum Gasteiger partial charge on any atom is 0.224 e. The molecule has 1 aromatic carbocycles. The molecular formula is C14H16N4OS. The Balaban J connectivity index is 1.69. The smallest absolute Gasteiger partial charge is 0.224 e. The Labute approximate surface area is 121 Å². The number of hydrogen-bond acceptors (Lipinski definition) is 5. The molecule has 20 heavy (non-hydrogen) atoms. The molecule has 2 aromatic rings. The number of benzene rings is 1. The zero-order valence-corrected chi connectivity index (χ0v) is 11.8. The molecule has 0 atom stereocenters. The molecule has 4 N–H and O–H groups in total. The lowest BCUT2D eigenvalue weighted by atomic mass is 10.0. The summed E-state index contributed by atoms with van der Waals surface area (Å²) in [4.78, 5) is 15.7. The first-order valence-electron chi connectivity index (χ1n) is 6.55. The average molecular weight is 288 g/mol. The molecule has 0 unspecified atom stereocenters.